The highest BCUT2D eigenvalue weighted by Crippen LogP contribution is 2.38. The molecule has 0 unspecified atom stereocenters. The third-order valence-electron chi connectivity index (χ3n) is 4.43. The second kappa shape index (κ2) is 11.2. The maximum atomic E-state index is 12.5. The summed E-state index contributed by atoms with van der Waals surface area (Å²) >= 11 is 7.01. The first-order chi connectivity index (χ1) is 15.0. The van der Waals surface area contributed by atoms with Gasteiger partial charge in [0.25, 0.3) is 0 Å². The summed E-state index contributed by atoms with van der Waals surface area (Å²) < 4.78 is 18.7. The average Bonchev–Trinajstić information content (AvgIpc) is 2.78. The Morgan fingerprint density at radius 3 is 2.32 bits per heavy atom. The lowest BCUT2D eigenvalue weighted by Crippen LogP contribution is -2.01. The lowest BCUT2D eigenvalue weighted by Gasteiger charge is -2.15. The van der Waals surface area contributed by atoms with Gasteiger partial charge in [-0.25, -0.2) is 0 Å². The number of ether oxygens (including phenoxy) is 3. The normalized spacial score (nSPS) is 10.8. The maximum Gasteiger partial charge on any atom is 0.185 e. The van der Waals surface area contributed by atoms with Gasteiger partial charge in [-0.3, -0.25) is 4.79 Å². The van der Waals surface area contributed by atoms with E-state index in [9.17, 15) is 4.79 Å². The summed E-state index contributed by atoms with van der Waals surface area (Å²) in [6.07, 6.45) is 3.31. The molecular formula is C25H22Br2O4. The second-order valence-corrected chi connectivity index (χ2v) is 8.37. The Morgan fingerprint density at radius 2 is 1.68 bits per heavy atom. The van der Waals surface area contributed by atoms with Crippen LogP contribution in [0.15, 0.2) is 75.7 Å². The van der Waals surface area contributed by atoms with Crippen LogP contribution in [0.2, 0.25) is 0 Å². The molecule has 31 heavy (non-hydrogen) atoms. The van der Waals surface area contributed by atoms with Crippen molar-refractivity contribution in [2.75, 3.05) is 13.7 Å². The third-order valence-corrected chi connectivity index (χ3v) is 5.55. The molecule has 4 nitrogen and oxygen atoms in total. The molecule has 0 N–H and O–H groups in total. The van der Waals surface area contributed by atoms with Gasteiger partial charge in [0.2, 0.25) is 0 Å². The van der Waals surface area contributed by atoms with Gasteiger partial charge in [0.1, 0.15) is 12.4 Å². The van der Waals surface area contributed by atoms with Crippen LogP contribution in [-0.2, 0) is 6.61 Å². The van der Waals surface area contributed by atoms with E-state index in [0.717, 1.165) is 20.1 Å². The Bertz CT molecular complexity index is 1060. The zero-order valence-corrected chi connectivity index (χ0v) is 20.4. The van der Waals surface area contributed by atoms with E-state index in [4.69, 9.17) is 14.2 Å². The molecule has 6 heteroatoms. The number of hydrogen-bond acceptors (Lipinski definition) is 4. The SMILES string of the molecule is CCOc1cc(/C=C/C(=O)c2ccc(OC)cc2)cc(Br)c1OCc1ccc(Br)cc1. The molecule has 0 aliphatic rings. The van der Waals surface area contributed by atoms with Gasteiger partial charge < -0.3 is 14.2 Å². The molecule has 0 aliphatic heterocycles. The van der Waals surface area contributed by atoms with E-state index in [1.807, 2.05) is 43.3 Å². The number of methoxy groups -OCH3 is 1. The van der Waals surface area contributed by atoms with E-state index in [-0.39, 0.29) is 5.78 Å². The van der Waals surface area contributed by atoms with Gasteiger partial charge in [-0.05, 0) is 88.6 Å². The molecule has 0 saturated heterocycles. The van der Waals surface area contributed by atoms with Crippen molar-refractivity contribution in [2.45, 2.75) is 13.5 Å². The first-order valence-corrected chi connectivity index (χ1v) is 11.3. The predicted molar refractivity (Wildman–Crippen MR) is 130 cm³/mol. The van der Waals surface area contributed by atoms with Gasteiger partial charge in [-0.15, -0.1) is 0 Å². The van der Waals surface area contributed by atoms with Gasteiger partial charge in [0.15, 0.2) is 17.3 Å². The lowest BCUT2D eigenvalue weighted by molar-refractivity contribution is 0.104. The van der Waals surface area contributed by atoms with Gasteiger partial charge in [0, 0.05) is 10.0 Å². The first kappa shape index (κ1) is 23.1. The Labute approximate surface area is 199 Å². The monoisotopic (exact) mass is 544 g/mol. The molecule has 0 atom stereocenters. The zero-order chi connectivity index (χ0) is 22.2. The van der Waals surface area contributed by atoms with E-state index in [1.54, 1.807) is 43.5 Å². The Morgan fingerprint density at radius 1 is 0.968 bits per heavy atom. The Hall–Kier alpha value is -2.57. The van der Waals surface area contributed by atoms with Crippen LogP contribution in [0.3, 0.4) is 0 Å². The highest BCUT2D eigenvalue weighted by Gasteiger charge is 2.12. The number of benzene rings is 3. The fourth-order valence-electron chi connectivity index (χ4n) is 2.85. The zero-order valence-electron chi connectivity index (χ0n) is 17.2. The number of hydrogen-bond donors (Lipinski definition) is 0. The molecule has 3 rings (SSSR count). The van der Waals surface area contributed by atoms with Crippen molar-refractivity contribution in [1.29, 1.82) is 0 Å². The number of rotatable bonds is 9. The van der Waals surface area contributed by atoms with Gasteiger partial charge in [-0.2, -0.15) is 0 Å². The fraction of sp³-hybridized carbons (Fsp3) is 0.160. The van der Waals surface area contributed by atoms with Crippen molar-refractivity contribution in [3.63, 3.8) is 0 Å². The molecular weight excluding hydrogens is 524 g/mol. The smallest absolute Gasteiger partial charge is 0.185 e. The number of carbonyl (C=O) groups excluding carboxylic acids is 1. The third kappa shape index (κ3) is 6.45. The molecule has 0 radical (unpaired) electrons. The van der Waals surface area contributed by atoms with Crippen LogP contribution in [-0.4, -0.2) is 19.5 Å². The van der Waals surface area contributed by atoms with Crippen molar-refractivity contribution in [2.24, 2.45) is 0 Å². The summed E-state index contributed by atoms with van der Waals surface area (Å²) in [5.41, 5.74) is 2.47. The van der Waals surface area contributed by atoms with Crippen molar-refractivity contribution >= 4 is 43.7 Å². The average molecular weight is 546 g/mol. The molecule has 0 aliphatic carbocycles. The quantitative estimate of drug-likeness (QED) is 0.212. The Balaban J connectivity index is 1.77. The van der Waals surface area contributed by atoms with E-state index < -0.39 is 0 Å². The van der Waals surface area contributed by atoms with Crippen LogP contribution >= 0.6 is 31.9 Å². The number of allylic oxidation sites excluding steroid dienone is 1. The van der Waals surface area contributed by atoms with Crippen LogP contribution in [0.5, 0.6) is 17.2 Å². The summed E-state index contributed by atoms with van der Waals surface area (Å²) in [6, 6.07) is 18.7. The molecule has 0 saturated carbocycles. The molecule has 3 aromatic carbocycles. The van der Waals surface area contributed by atoms with Gasteiger partial charge in [-0.1, -0.05) is 34.1 Å². The highest BCUT2D eigenvalue weighted by atomic mass is 79.9. The number of halogens is 2. The van der Waals surface area contributed by atoms with Crippen LogP contribution < -0.4 is 14.2 Å². The molecule has 0 aromatic heterocycles. The summed E-state index contributed by atoms with van der Waals surface area (Å²) in [6.45, 7) is 2.83. The summed E-state index contributed by atoms with van der Waals surface area (Å²) in [5.74, 6) is 1.87. The number of ketones is 1. The van der Waals surface area contributed by atoms with Crippen molar-refractivity contribution in [1.82, 2.24) is 0 Å². The minimum Gasteiger partial charge on any atom is -0.497 e. The summed E-state index contributed by atoms with van der Waals surface area (Å²) in [7, 11) is 1.59. The first-order valence-electron chi connectivity index (χ1n) is 9.70. The Kier molecular flexibility index (Phi) is 8.32. The van der Waals surface area contributed by atoms with Crippen molar-refractivity contribution in [3.8, 4) is 17.2 Å². The van der Waals surface area contributed by atoms with Crippen LogP contribution in [0, 0.1) is 0 Å². The largest absolute Gasteiger partial charge is 0.497 e. The van der Waals surface area contributed by atoms with Crippen LogP contribution in [0.25, 0.3) is 6.08 Å². The van der Waals surface area contributed by atoms with Crippen molar-refractivity contribution < 1.29 is 19.0 Å². The van der Waals surface area contributed by atoms with E-state index in [2.05, 4.69) is 31.9 Å². The molecule has 0 amide bonds. The van der Waals surface area contributed by atoms with Crippen molar-refractivity contribution in [3.05, 3.63) is 92.4 Å². The number of carbonyl (C=O) groups is 1. The van der Waals surface area contributed by atoms with E-state index in [0.29, 0.717) is 36.0 Å². The second-order valence-electron chi connectivity index (χ2n) is 6.60. The maximum absolute atomic E-state index is 12.5. The highest BCUT2D eigenvalue weighted by molar-refractivity contribution is 9.10. The molecule has 0 heterocycles. The van der Waals surface area contributed by atoms with E-state index in [1.165, 1.54) is 0 Å². The van der Waals surface area contributed by atoms with Gasteiger partial charge in [0.05, 0.1) is 18.2 Å². The van der Waals surface area contributed by atoms with E-state index >= 15 is 0 Å². The van der Waals surface area contributed by atoms with Gasteiger partial charge >= 0.3 is 0 Å². The fourth-order valence-corrected chi connectivity index (χ4v) is 3.69. The molecule has 3 aromatic rings. The van der Waals surface area contributed by atoms with Crippen LogP contribution in [0.4, 0.5) is 0 Å². The minimum absolute atomic E-state index is 0.0905. The summed E-state index contributed by atoms with van der Waals surface area (Å²) in [4.78, 5) is 12.5. The van der Waals surface area contributed by atoms with Crippen LogP contribution in [0.1, 0.15) is 28.4 Å². The molecule has 160 valence electrons. The summed E-state index contributed by atoms with van der Waals surface area (Å²) in [5, 5.41) is 0. The predicted octanol–water partition coefficient (Wildman–Crippen LogP) is 7.09. The molecule has 0 bridgehead atoms. The minimum atomic E-state index is -0.0905. The standard InChI is InChI=1S/C25H22Br2O4/c1-3-30-24-15-18(6-13-23(28)19-7-11-21(29-2)12-8-19)14-22(27)25(24)31-16-17-4-9-20(26)10-5-17/h4-15H,3,16H2,1-2H3/b13-6+. The lowest BCUT2D eigenvalue weighted by atomic mass is 10.1. The topological polar surface area (TPSA) is 44.8 Å². The molecule has 0 fully saturated rings. The molecule has 0 spiro atoms.